The van der Waals surface area contributed by atoms with E-state index in [2.05, 4.69) is 27.3 Å². The Balaban J connectivity index is 0. The third kappa shape index (κ3) is 22.0. The minimum absolute atomic E-state index is 0. The number of hydrogen-bond acceptors (Lipinski definition) is 3. The van der Waals surface area contributed by atoms with Gasteiger partial charge in [0.2, 0.25) is 0 Å². The van der Waals surface area contributed by atoms with Crippen LogP contribution in [0, 0.1) is 5.92 Å². The van der Waals surface area contributed by atoms with Crippen LogP contribution in [0.2, 0.25) is 12.6 Å². The Morgan fingerprint density at radius 3 is 1.48 bits per heavy atom. The topological polar surface area (TPSA) is 44.5 Å². The lowest BCUT2D eigenvalue weighted by Gasteiger charge is -2.28. The Kier molecular flexibility index (Phi) is 22.7. The molecule has 5 heteroatoms. The minimum atomic E-state index is -1.93. The van der Waals surface area contributed by atoms with Crippen LogP contribution in [0.1, 0.15) is 130 Å². The van der Waals surface area contributed by atoms with Crippen molar-refractivity contribution in [2.75, 3.05) is 14.2 Å². The van der Waals surface area contributed by atoms with E-state index in [0.29, 0.717) is 0 Å². The molecule has 0 spiro atoms. The molecule has 2 N–H and O–H groups in total. The zero-order chi connectivity index (χ0) is 22.7. The predicted molar refractivity (Wildman–Crippen MR) is 144 cm³/mol. The average Bonchev–Trinajstić information content (AvgIpc) is 2.70. The summed E-state index contributed by atoms with van der Waals surface area (Å²) in [4.78, 5) is 0. The molecule has 0 amide bonds. The van der Waals surface area contributed by atoms with E-state index in [1.54, 1.807) is 14.2 Å². The van der Waals surface area contributed by atoms with Gasteiger partial charge >= 0.3 is 8.56 Å². The summed E-state index contributed by atoms with van der Waals surface area (Å²) in [6.07, 6.45) is 23.4. The van der Waals surface area contributed by atoms with Crippen molar-refractivity contribution >= 4 is 21.0 Å². The van der Waals surface area contributed by atoms with Crippen LogP contribution in [0.5, 0.6) is 0 Å². The summed E-state index contributed by atoms with van der Waals surface area (Å²) in [7, 11) is 1.67. The van der Waals surface area contributed by atoms with Gasteiger partial charge in [-0.3, -0.25) is 0 Å². The number of halogens is 1. The number of hydrogen-bond donors (Lipinski definition) is 1. The average molecular weight is 480 g/mol. The van der Waals surface area contributed by atoms with E-state index in [1.165, 1.54) is 103 Å². The molecule has 0 saturated heterocycles. The van der Waals surface area contributed by atoms with Gasteiger partial charge in [0.1, 0.15) is 0 Å². The number of unbranched alkanes of at least 4 members (excludes halogenated alkanes) is 12. The molecule has 0 aromatic rings. The lowest BCUT2D eigenvalue weighted by Crippen LogP contribution is -2.36. The van der Waals surface area contributed by atoms with Gasteiger partial charge in [-0.1, -0.05) is 110 Å². The van der Waals surface area contributed by atoms with Crippen molar-refractivity contribution in [2.24, 2.45) is 11.7 Å². The molecule has 0 fully saturated rings. The van der Waals surface area contributed by atoms with Crippen LogP contribution >= 0.6 is 12.4 Å². The van der Waals surface area contributed by atoms with Crippen molar-refractivity contribution in [3.63, 3.8) is 0 Å². The molecular weight excluding hydrogens is 422 g/mol. The fourth-order valence-electron chi connectivity index (χ4n) is 4.54. The molecule has 1 atom stereocenters. The summed E-state index contributed by atoms with van der Waals surface area (Å²) in [6, 6.07) is 1.08. The van der Waals surface area contributed by atoms with E-state index >= 15 is 0 Å². The first-order valence-electron chi connectivity index (χ1n) is 13.2. The van der Waals surface area contributed by atoms with E-state index in [4.69, 9.17) is 14.6 Å². The van der Waals surface area contributed by atoms with Gasteiger partial charge in [0.25, 0.3) is 0 Å². The molecule has 0 rings (SSSR count). The molecule has 0 aliphatic carbocycles. The van der Waals surface area contributed by atoms with Gasteiger partial charge in [0, 0.05) is 19.8 Å². The standard InChI is InChI=1S/C26H57NO2Si.ClH/c1-7-8-9-10-11-12-13-14-15-16-17-18-19-21-25(24-26(2,3)27)22-20-23-30(6,28-4)29-5;/h25H,7-24,27H2,1-6H3;1H. The molecule has 0 heterocycles. The second kappa shape index (κ2) is 21.0. The van der Waals surface area contributed by atoms with Crippen molar-refractivity contribution in [1.82, 2.24) is 0 Å². The first-order valence-corrected chi connectivity index (χ1v) is 15.7. The predicted octanol–water partition coefficient (Wildman–Crippen LogP) is 8.78. The van der Waals surface area contributed by atoms with Gasteiger partial charge in [0.15, 0.2) is 0 Å². The molecule has 190 valence electrons. The lowest BCUT2D eigenvalue weighted by atomic mass is 9.85. The summed E-state index contributed by atoms with van der Waals surface area (Å²) in [5.74, 6) is 0.740. The van der Waals surface area contributed by atoms with E-state index in [-0.39, 0.29) is 17.9 Å². The quantitative estimate of drug-likeness (QED) is 0.124. The highest BCUT2D eigenvalue weighted by Gasteiger charge is 2.28. The van der Waals surface area contributed by atoms with E-state index in [9.17, 15) is 0 Å². The zero-order valence-electron chi connectivity index (χ0n) is 22.1. The van der Waals surface area contributed by atoms with E-state index < -0.39 is 8.56 Å². The molecular formula is C26H58ClNO2Si. The van der Waals surface area contributed by atoms with Gasteiger partial charge < -0.3 is 14.6 Å². The molecule has 0 aliphatic heterocycles. The van der Waals surface area contributed by atoms with Crippen LogP contribution in [-0.2, 0) is 8.85 Å². The Labute approximate surface area is 203 Å². The SMILES string of the molecule is CCCCCCCCCCCCCCCC(CCC[Si](C)(OC)OC)CC(C)(C)N.Cl. The third-order valence-electron chi connectivity index (χ3n) is 6.64. The maximum atomic E-state index is 6.35. The van der Waals surface area contributed by atoms with Crippen molar-refractivity contribution in [3.05, 3.63) is 0 Å². The Morgan fingerprint density at radius 1 is 0.710 bits per heavy atom. The summed E-state index contributed by atoms with van der Waals surface area (Å²) in [5.41, 5.74) is 6.28. The first-order chi connectivity index (χ1) is 14.3. The van der Waals surface area contributed by atoms with Gasteiger partial charge in [-0.2, -0.15) is 0 Å². The molecule has 1 unspecified atom stereocenters. The molecule has 31 heavy (non-hydrogen) atoms. The van der Waals surface area contributed by atoms with Gasteiger partial charge in [-0.15, -0.1) is 12.4 Å². The van der Waals surface area contributed by atoms with Crippen molar-refractivity contribution < 1.29 is 8.85 Å². The fraction of sp³-hybridized carbons (Fsp3) is 1.00. The molecule has 0 radical (unpaired) electrons. The highest BCUT2D eigenvalue weighted by molar-refractivity contribution is 6.65. The van der Waals surface area contributed by atoms with Crippen molar-refractivity contribution in [3.8, 4) is 0 Å². The maximum Gasteiger partial charge on any atom is 0.334 e. The second-order valence-corrected chi connectivity index (χ2v) is 14.1. The first kappa shape index (κ1) is 33.6. The smallest absolute Gasteiger partial charge is 0.334 e. The van der Waals surface area contributed by atoms with E-state index in [1.807, 2.05) is 0 Å². The summed E-state index contributed by atoms with van der Waals surface area (Å²) in [6.45, 7) is 8.81. The van der Waals surface area contributed by atoms with Gasteiger partial charge in [0.05, 0.1) is 0 Å². The highest BCUT2D eigenvalue weighted by Crippen LogP contribution is 2.27. The van der Waals surface area contributed by atoms with Crippen LogP contribution < -0.4 is 5.73 Å². The maximum absolute atomic E-state index is 6.35. The van der Waals surface area contributed by atoms with E-state index in [0.717, 1.165) is 18.4 Å². The zero-order valence-corrected chi connectivity index (χ0v) is 23.9. The second-order valence-electron chi connectivity index (χ2n) is 10.5. The molecule has 0 aromatic carbocycles. The third-order valence-corrected chi connectivity index (χ3v) is 9.63. The molecule has 0 aliphatic rings. The Morgan fingerprint density at radius 2 is 1.10 bits per heavy atom. The molecule has 0 bridgehead atoms. The Hall–Kier alpha value is 0.387. The normalized spacial score (nSPS) is 13.3. The monoisotopic (exact) mass is 479 g/mol. The summed E-state index contributed by atoms with van der Waals surface area (Å²) in [5, 5.41) is 0. The fourth-order valence-corrected chi connectivity index (χ4v) is 5.96. The molecule has 3 nitrogen and oxygen atoms in total. The van der Waals surface area contributed by atoms with Crippen LogP contribution in [0.15, 0.2) is 0 Å². The van der Waals surface area contributed by atoms with Crippen LogP contribution in [0.3, 0.4) is 0 Å². The Bertz CT molecular complexity index is 373. The molecule has 0 aromatic heterocycles. The van der Waals surface area contributed by atoms with Gasteiger partial charge in [-0.25, -0.2) is 0 Å². The van der Waals surface area contributed by atoms with Crippen molar-refractivity contribution in [1.29, 1.82) is 0 Å². The van der Waals surface area contributed by atoms with Crippen LogP contribution in [0.4, 0.5) is 0 Å². The highest BCUT2D eigenvalue weighted by atomic mass is 35.5. The molecule has 0 saturated carbocycles. The number of nitrogens with two attached hydrogens (primary N) is 1. The lowest BCUT2D eigenvalue weighted by molar-refractivity contribution is 0.245. The van der Waals surface area contributed by atoms with Gasteiger partial charge in [-0.05, 0) is 38.8 Å². The van der Waals surface area contributed by atoms with Crippen molar-refractivity contribution in [2.45, 2.75) is 148 Å². The summed E-state index contributed by atoms with van der Waals surface area (Å²) >= 11 is 0. The summed E-state index contributed by atoms with van der Waals surface area (Å²) < 4.78 is 11.3. The number of rotatable bonds is 22. The minimum Gasteiger partial charge on any atom is -0.398 e. The van der Waals surface area contributed by atoms with Crippen LogP contribution in [-0.4, -0.2) is 28.3 Å². The largest absolute Gasteiger partial charge is 0.398 e. The van der Waals surface area contributed by atoms with Crippen LogP contribution in [0.25, 0.3) is 0 Å².